The lowest BCUT2D eigenvalue weighted by atomic mass is 10.1. The van der Waals surface area contributed by atoms with Crippen molar-refractivity contribution in [1.29, 1.82) is 0 Å². The van der Waals surface area contributed by atoms with Gasteiger partial charge >= 0.3 is 10.3 Å². The summed E-state index contributed by atoms with van der Waals surface area (Å²) in [6.45, 7) is 9.97. The van der Waals surface area contributed by atoms with Crippen LogP contribution in [-0.2, 0) is 14.5 Å². The largest absolute Gasteiger partial charge is 0.872 e. The molecule has 2 aromatic heterocycles. The highest BCUT2D eigenvalue weighted by Gasteiger charge is 2.43. The van der Waals surface area contributed by atoms with Crippen LogP contribution in [0.2, 0.25) is 0 Å². The van der Waals surface area contributed by atoms with Gasteiger partial charge in [-0.05, 0) is 27.2 Å². The number of aliphatic hydroxyl groups excluding tert-OH is 2. The molecule has 14 nitrogen and oxygen atoms in total. The highest BCUT2D eigenvalue weighted by Crippen LogP contribution is 2.37. The summed E-state index contributed by atoms with van der Waals surface area (Å²) in [7, 11) is -4.57. The van der Waals surface area contributed by atoms with E-state index in [1.54, 1.807) is 9.62 Å². The third-order valence-electron chi connectivity index (χ3n) is 6.80. The Morgan fingerprint density at radius 2 is 1.82 bits per heavy atom. The van der Waals surface area contributed by atoms with Crippen molar-refractivity contribution in [2.75, 3.05) is 32.0 Å². The van der Waals surface area contributed by atoms with Gasteiger partial charge in [0.05, 0.1) is 44.7 Å². The average molecular weight is 566 g/mol. The molecule has 1 fully saturated rings. The van der Waals surface area contributed by atoms with Crippen LogP contribution in [0, 0.1) is 5.92 Å². The van der Waals surface area contributed by atoms with Crippen molar-refractivity contribution >= 4 is 33.2 Å². The fourth-order valence-electron chi connectivity index (χ4n) is 4.43. The number of fused-ring (bicyclic) bond motifs is 1. The van der Waals surface area contributed by atoms with Gasteiger partial charge in [-0.25, -0.2) is 19.7 Å². The van der Waals surface area contributed by atoms with Crippen LogP contribution < -0.4 is 20.5 Å². The van der Waals surface area contributed by atoms with Gasteiger partial charge in [0.2, 0.25) is 0 Å². The molecule has 1 amide bonds. The van der Waals surface area contributed by atoms with Gasteiger partial charge < -0.3 is 30.5 Å². The molecule has 1 aromatic carbocycles. The zero-order valence-electron chi connectivity index (χ0n) is 22.0. The Hall–Kier alpha value is -3.37. The molecule has 214 valence electrons. The predicted molar refractivity (Wildman–Crippen MR) is 140 cm³/mol. The minimum absolute atomic E-state index is 0.130. The molecule has 1 aliphatic carbocycles. The topological polar surface area (TPSA) is 210 Å². The van der Waals surface area contributed by atoms with E-state index in [9.17, 15) is 28.5 Å². The molecule has 4 rings (SSSR count). The second kappa shape index (κ2) is 13.1. The number of hydrogen-bond acceptors (Lipinski definition) is 11. The molecule has 15 heteroatoms. The Labute approximate surface area is 226 Å². The number of nitrogens with one attached hydrogen (secondary N) is 2. The van der Waals surface area contributed by atoms with Crippen molar-refractivity contribution in [2.24, 2.45) is 5.92 Å². The van der Waals surface area contributed by atoms with Gasteiger partial charge in [0, 0.05) is 11.5 Å². The number of carbonyl (C=O) groups excluding carboxylic acids is 1. The van der Waals surface area contributed by atoms with E-state index in [-0.39, 0.29) is 17.8 Å². The summed E-state index contributed by atoms with van der Waals surface area (Å²) in [6, 6.07) is 4.45. The summed E-state index contributed by atoms with van der Waals surface area (Å²) in [5, 5.41) is 32.6. The molecular weight excluding hydrogens is 530 g/mol. The minimum atomic E-state index is -4.57. The van der Waals surface area contributed by atoms with Gasteiger partial charge in [0.15, 0.2) is 11.5 Å². The first-order chi connectivity index (χ1) is 18.5. The second-order valence-corrected chi connectivity index (χ2v) is 10.5. The van der Waals surface area contributed by atoms with Crippen LogP contribution in [0.3, 0.4) is 0 Å². The van der Waals surface area contributed by atoms with Gasteiger partial charge in [0.1, 0.15) is 17.9 Å². The molecular formula is C24H35N7O7S. The van der Waals surface area contributed by atoms with E-state index in [1.165, 1.54) is 55.1 Å². The van der Waals surface area contributed by atoms with Gasteiger partial charge in [0.25, 0.3) is 5.91 Å². The van der Waals surface area contributed by atoms with Crippen LogP contribution in [0.1, 0.15) is 43.6 Å². The van der Waals surface area contributed by atoms with Crippen LogP contribution >= 0.6 is 0 Å². The fraction of sp³-hybridized carbons (Fsp3) is 0.500. The normalized spacial score (nSPS) is 21.1. The number of quaternary nitrogens is 1. The summed E-state index contributed by atoms with van der Waals surface area (Å²) in [4.78, 5) is 25.8. The number of aromatic nitrogens is 4. The number of hydrogen-bond donors (Lipinski definition) is 5. The molecule has 4 atom stereocenters. The number of anilines is 1. The van der Waals surface area contributed by atoms with E-state index in [1.807, 2.05) is 0 Å². The summed E-state index contributed by atoms with van der Waals surface area (Å²) in [5.74, 6) is -2.41. The summed E-state index contributed by atoms with van der Waals surface area (Å²) < 4.78 is 32.3. The van der Waals surface area contributed by atoms with Gasteiger partial charge in [-0.2, -0.15) is 8.42 Å². The fourth-order valence-corrected chi connectivity index (χ4v) is 5.18. The summed E-state index contributed by atoms with van der Waals surface area (Å²) >= 11 is 0. The van der Waals surface area contributed by atoms with E-state index in [2.05, 4.69) is 35.7 Å². The van der Waals surface area contributed by atoms with E-state index in [4.69, 9.17) is 9.92 Å². The molecule has 6 N–H and O–H groups in total. The van der Waals surface area contributed by atoms with E-state index in [0.717, 1.165) is 6.07 Å². The lowest BCUT2D eigenvalue weighted by Gasteiger charge is -2.18. The third kappa shape index (κ3) is 7.19. The van der Waals surface area contributed by atoms with Gasteiger partial charge in [-0.3, -0.25) is 8.98 Å². The molecule has 1 aliphatic rings. The highest BCUT2D eigenvalue weighted by molar-refractivity contribution is 7.85. The smallest absolute Gasteiger partial charge is 0.362 e. The molecule has 0 saturated heterocycles. The minimum Gasteiger partial charge on any atom is -0.872 e. The average Bonchev–Trinajstić information content (AvgIpc) is 3.46. The Balaban J connectivity index is 0.000000532. The molecule has 0 aliphatic heterocycles. The standard InChI is InChI=1S/C18H20N6O7S.C6H15N/c19-16-13-17(21-7-20-16)24(8-22-13)11-5-9(14(26)15(11)27)6-31-32(29,30)23-18(28)10-3-1-2-4-12(10)25;1-4-7(5-2)6-3/h1-4,7-9,11,14-15,25-27H,5-6H2,(H,23,28)(H2,19,20,21);4-6H2,1-3H3/t9-,11-,14-,15+;/m1./s1. The monoisotopic (exact) mass is 565 g/mol. The Morgan fingerprint density at radius 1 is 1.15 bits per heavy atom. The maximum absolute atomic E-state index is 12.1. The molecule has 0 bridgehead atoms. The predicted octanol–water partition coefficient (Wildman–Crippen LogP) is -1.61. The van der Waals surface area contributed by atoms with Crippen molar-refractivity contribution in [3.63, 3.8) is 0 Å². The van der Waals surface area contributed by atoms with E-state index in [0.29, 0.717) is 11.2 Å². The first kappa shape index (κ1) is 30.2. The number of nitrogens with two attached hydrogens (primary N) is 1. The second-order valence-electron chi connectivity index (χ2n) is 9.10. The molecule has 0 radical (unpaired) electrons. The Bertz CT molecular complexity index is 1360. The Kier molecular flexibility index (Phi) is 10.2. The summed E-state index contributed by atoms with van der Waals surface area (Å²) in [6.07, 6.45) is 0.192. The van der Waals surface area contributed by atoms with E-state index < -0.39 is 52.7 Å². The number of aliphatic hydroxyl groups is 2. The van der Waals surface area contributed by atoms with Gasteiger partial charge in [-0.1, -0.05) is 30.0 Å². The van der Waals surface area contributed by atoms with Crippen LogP contribution in [0.4, 0.5) is 5.82 Å². The number of nitrogen functional groups attached to an aromatic ring is 1. The molecule has 0 spiro atoms. The zero-order chi connectivity index (χ0) is 28.7. The van der Waals surface area contributed by atoms with E-state index >= 15 is 0 Å². The lowest BCUT2D eigenvalue weighted by Crippen LogP contribution is -3.11. The number of imidazole rings is 1. The van der Waals surface area contributed by atoms with Crippen molar-refractivity contribution in [3.8, 4) is 5.75 Å². The number of nitrogens with zero attached hydrogens (tertiary/aromatic N) is 4. The van der Waals surface area contributed by atoms with Crippen LogP contribution in [0.15, 0.2) is 36.9 Å². The first-order valence-electron chi connectivity index (χ1n) is 12.6. The van der Waals surface area contributed by atoms with Crippen molar-refractivity contribution in [3.05, 3.63) is 42.5 Å². The number of benzene rings is 1. The van der Waals surface area contributed by atoms with Crippen molar-refractivity contribution in [1.82, 2.24) is 24.2 Å². The molecule has 39 heavy (non-hydrogen) atoms. The highest BCUT2D eigenvalue weighted by atomic mass is 32.2. The first-order valence-corrected chi connectivity index (χ1v) is 14.0. The van der Waals surface area contributed by atoms with Crippen LogP contribution in [0.25, 0.3) is 11.2 Å². The lowest BCUT2D eigenvalue weighted by molar-refractivity contribution is -0.894. The van der Waals surface area contributed by atoms with Crippen molar-refractivity contribution < 1.29 is 37.6 Å². The molecule has 3 aromatic rings. The van der Waals surface area contributed by atoms with Gasteiger partial charge in [-0.15, -0.1) is 0 Å². The number of amides is 1. The number of para-hydroxylation sites is 1. The quantitative estimate of drug-likeness (QED) is 0.199. The number of rotatable bonds is 9. The maximum atomic E-state index is 12.1. The molecule has 2 heterocycles. The number of carbonyl (C=O) groups is 1. The van der Waals surface area contributed by atoms with Crippen LogP contribution in [-0.4, -0.2) is 82.5 Å². The maximum Gasteiger partial charge on any atom is 0.362 e. The third-order valence-corrected chi connectivity index (χ3v) is 7.68. The summed E-state index contributed by atoms with van der Waals surface area (Å²) in [5.41, 5.74) is 6.09. The molecule has 1 saturated carbocycles. The Morgan fingerprint density at radius 3 is 2.44 bits per heavy atom. The van der Waals surface area contributed by atoms with Crippen LogP contribution in [0.5, 0.6) is 5.75 Å². The zero-order valence-corrected chi connectivity index (χ0v) is 22.8. The van der Waals surface area contributed by atoms with Crippen molar-refractivity contribution in [2.45, 2.75) is 45.4 Å². The molecule has 0 unspecified atom stereocenters. The SMILES string of the molecule is CC[NH+](CC)CC.Nc1ncnc2c1ncn2[C@@H]1C[C@H](COS(=O)(=O)NC(=O)c2ccccc2[O-])[C@@H](O)[C@H]1O.